The molecule has 0 radical (unpaired) electrons. The van der Waals surface area contributed by atoms with Gasteiger partial charge in [0, 0.05) is 0 Å². The topological polar surface area (TPSA) is 46.5 Å². The van der Waals surface area contributed by atoms with Crippen LogP contribution in [-0.2, 0) is 9.84 Å². The summed E-state index contributed by atoms with van der Waals surface area (Å²) in [6.07, 6.45) is 2.31. The highest BCUT2D eigenvalue weighted by Crippen LogP contribution is 2.21. The van der Waals surface area contributed by atoms with Gasteiger partial charge in [-0.2, -0.15) is 4.39 Å². The Morgan fingerprint density at radius 2 is 1.88 bits per heavy atom. The van der Waals surface area contributed by atoms with E-state index >= 15 is 0 Å². The second-order valence-electron chi connectivity index (χ2n) is 3.56. The fourth-order valence-corrected chi connectivity index (χ4v) is 2.73. The zero-order chi connectivity index (χ0) is 11.8. The van der Waals surface area contributed by atoms with E-state index in [1.165, 1.54) is 18.2 Å². The van der Waals surface area contributed by atoms with Gasteiger partial charge in [0.15, 0.2) is 5.37 Å². The third kappa shape index (κ3) is 1.90. The Balaban J connectivity index is 2.40. The average molecular weight is 239 g/mol. The number of sulfone groups is 1. The van der Waals surface area contributed by atoms with Crippen molar-refractivity contribution in [3.63, 3.8) is 0 Å². The second kappa shape index (κ2) is 3.83. The van der Waals surface area contributed by atoms with Crippen molar-refractivity contribution in [1.82, 2.24) is 0 Å². The van der Waals surface area contributed by atoms with Gasteiger partial charge >= 0.3 is 0 Å². The molecule has 0 bridgehead atoms. The lowest BCUT2D eigenvalue weighted by Crippen LogP contribution is -2.15. The van der Waals surface area contributed by atoms with E-state index in [1.54, 1.807) is 12.1 Å². The molecule has 0 aromatic heterocycles. The molecule has 16 heavy (non-hydrogen) atoms. The van der Waals surface area contributed by atoms with Crippen LogP contribution in [0.1, 0.15) is 5.56 Å². The largest absolute Gasteiger partial charge is 0.233 e. The molecule has 2 rings (SSSR count). The molecule has 84 valence electrons. The standard InChI is InChI=1S/C11H10FNO2S/c1-8-2-4-9(5-3-8)16(14,15)11-7-6-10(12)13-11/h2-7,11H,1H3. The van der Waals surface area contributed by atoms with Crippen molar-refractivity contribution >= 4 is 15.8 Å². The minimum atomic E-state index is -3.60. The summed E-state index contributed by atoms with van der Waals surface area (Å²) in [7, 11) is -3.60. The summed E-state index contributed by atoms with van der Waals surface area (Å²) in [5, 5.41) is -1.13. The van der Waals surface area contributed by atoms with E-state index in [1.807, 2.05) is 6.92 Å². The minimum Gasteiger partial charge on any atom is -0.233 e. The molecule has 5 heteroatoms. The smallest absolute Gasteiger partial charge is 0.209 e. The van der Waals surface area contributed by atoms with E-state index in [-0.39, 0.29) is 4.90 Å². The highest BCUT2D eigenvalue weighted by molar-refractivity contribution is 7.92. The maximum atomic E-state index is 12.7. The Bertz CT molecular complexity index is 558. The van der Waals surface area contributed by atoms with Crippen molar-refractivity contribution in [2.75, 3.05) is 0 Å². The van der Waals surface area contributed by atoms with E-state index in [2.05, 4.69) is 4.99 Å². The van der Waals surface area contributed by atoms with Crippen molar-refractivity contribution in [1.29, 1.82) is 0 Å². The van der Waals surface area contributed by atoms with Gasteiger partial charge in [0.1, 0.15) is 0 Å². The van der Waals surface area contributed by atoms with Gasteiger partial charge in [-0.05, 0) is 31.2 Å². The predicted octanol–water partition coefficient (Wildman–Crippen LogP) is 2.03. The number of hydrogen-bond donors (Lipinski definition) is 0. The minimum absolute atomic E-state index is 0.159. The zero-order valence-corrected chi connectivity index (χ0v) is 9.41. The first-order valence-corrected chi connectivity index (χ1v) is 6.27. The van der Waals surface area contributed by atoms with Crippen molar-refractivity contribution < 1.29 is 12.8 Å². The van der Waals surface area contributed by atoms with Crippen LogP contribution < -0.4 is 0 Å². The van der Waals surface area contributed by atoms with Gasteiger partial charge in [-0.25, -0.2) is 13.4 Å². The highest BCUT2D eigenvalue weighted by atomic mass is 32.2. The van der Waals surface area contributed by atoms with Gasteiger partial charge in [-0.1, -0.05) is 17.7 Å². The lowest BCUT2D eigenvalue weighted by molar-refractivity contribution is 0.589. The number of aryl methyl sites for hydroxylation is 1. The summed E-state index contributed by atoms with van der Waals surface area (Å²) in [5.41, 5.74) is 0.968. The molecule has 0 fully saturated rings. The van der Waals surface area contributed by atoms with E-state index in [4.69, 9.17) is 0 Å². The zero-order valence-electron chi connectivity index (χ0n) is 8.59. The normalized spacial score (nSPS) is 19.9. The molecular formula is C11H10FNO2S. The van der Waals surface area contributed by atoms with Gasteiger partial charge < -0.3 is 0 Å². The Morgan fingerprint density at radius 3 is 2.38 bits per heavy atom. The first kappa shape index (κ1) is 11.0. The Kier molecular flexibility index (Phi) is 2.63. The molecule has 0 spiro atoms. The SMILES string of the molecule is Cc1ccc(S(=O)(=O)C2C=CC(F)=N2)cc1. The van der Waals surface area contributed by atoms with Crippen LogP contribution in [-0.4, -0.2) is 19.8 Å². The molecule has 1 aromatic carbocycles. The number of halogens is 1. The molecule has 0 aliphatic carbocycles. The lowest BCUT2D eigenvalue weighted by Gasteiger charge is -2.07. The molecule has 1 heterocycles. The van der Waals surface area contributed by atoms with Crippen LogP contribution in [0.4, 0.5) is 4.39 Å². The fourth-order valence-electron chi connectivity index (χ4n) is 1.41. The van der Waals surface area contributed by atoms with Crippen molar-refractivity contribution in [3.8, 4) is 0 Å². The monoisotopic (exact) mass is 239 g/mol. The molecule has 3 nitrogen and oxygen atoms in total. The molecule has 0 saturated heterocycles. The molecule has 1 aliphatic heterocycles. The van der Waals surface area contributed by atoms with Crippen LogP contribution in [0.2, 0.25) is 0 Å². The first-order valence-electron chi connectivity index (χ1n) is 4.72. The average Bonchev–Trinajstić information content (AvgIpc) is 2.66. The third-order valence-corrected chi connectivity index (χ3v) is 4.14. The maximum Gasteiger partial charge on any atom is 0.209 e. The summed E-state index contributed by atoms with van der Waals surface area (Å²) in [6.45, 7) is 1.86. The molecule has 0 amide bonds. The van der Waals surface area contributed by atoms with Crippen molar-refractivity contribution in [2.24, 2.45) is 4.99 Å². The number of aliphatic imine (C=N–C) groups is 1. The summed E-state index contributed by atoms with van der Waals surface area (Å²) < 4.78 is 36.6. The van der Waals surface area contributed by atoms with Crippen molar-refractivity contribution in [3.05, 3.63) is 42.0 Å². The number of benzene rings is 1. The summed E-state index contributed by atoms with van der Waals surface area (Å²) >= 11 is 0. The molecule has 0 saturated carbocycles. The van der Waals surface area contributed by atoms with Crippen LogP contribution in [0.15, 0.2) is 46.3 Å². The molecular weight excluding hydrogens is 229 g/mol. The number of nitrogens with zero attached hydrogens (tertiary/aromatic N) is 1. The highest BCUT2D eigenvalue weighted by Gasteiger charge is 2.27. The van der Waals surface area contributed by atoms with E-state index in [0.717, 1.165) is 11.6 Å². The van der Waals surface area contributed by atoms with Crippen LogP contribution in [0.5, 0.6) is 0 Å². The molecule has 1 aliphatic rings. The van der Waals surface area contributed by atoms with Gasteiger partial charge in [0.25, 0.3) is 0 Å². The van der Waals surface area contributed by atoms with Crippen LogP contribution >= 0.6 is 0 Å². The van der Waals surface area contributed by atoms with E-state index < -0.39 is 21.2 Å². The van der Waals surface area contributed by atoms with Gasteiger partial charge in [-0.3, -0.25) is 0 Å². The van der Waals surface area contributed by atoms with Crippen LogP contribution in [0.25, 0.3) is 0 Å². The van der Waals surface area contributed by atoms with Gasteiger partial charge in [0.05, 0.1) is 4.90 Å². The molecule has 1 unspecified atom stereocenters. The molecule has 1 atom stereocenters. The fraction of sp³-hybridized carbons (Fsp3) is 0.182. The van der Waals surface area contributed by atoms with E-state index in [0.29, 0.717) is 0 Å². The first-order chi connectivity index (χ1) is 7.50. The summed E-state index contributed by atoms with van der Waals surface area (Å²) in [6, 6.07) is 6.41. The lowest BCUT2D eigenvalue weighted by atomic mass is 10.2. The summed E-state index contributed by atoms with van der Waals surface area (Å²) in [5.74, 6) is -0.749. The third-order valence-electron chi connectivity index (χ3n) is 2.32. The van der Waals surface area contributed by atoms with Crippen molar-refractivity contribution in [2.45, 2.75) is 17.2 Å². The number of hydrogen-bond acceptors (Lipinski definition) is 3. The Morgan fingerprint density at radius 1 is 1.25 bits per heavy atom. The Labute approximate surface area is 93.2 Å². The van der Waals surface area contributed by atoms with Crippen LogP contribution in [0.3, 0.4) is 0 Å². The molecule has 1 aromatic rings. The Hall–Kier alpha value is -1.49. The van der Waals surface area contributed by atoms with E-state index in [9.17, 15) is 12.8 Å². The number of allylic oxidation sites excluding steroid dienone is 1. The van der Waals surface area contributed by atoms with Crippen LogP contribution in [0, 0.1) is 6.92 Å². The quantitative estimate of drug-likeness (QED) is 0.792. The summed E-state index contributed by atoms with van der Waals surface area (Å²) in [4.78, 5) is 3.57. The maximum absolute atomic E-state index is 12.7. The van der Waals surface area contributed by atoms with Gasteiger partial charge in [-0.15, -0.1) is 0 Å². The molecule has 0 N–H and O–H groups in total. The number of rotatable bonds is 2. The second-order valence-corrected chi connectivity index (χ2v) is 5.60. The predicted molar refractivity (Wildman–Crippen MR) is 59.8 cm³/mol. The van der Waals surface area contributed by atoms with Gasteiger partial charge in [0.2, 0.25) is 15.8 Å².